The summed E-state index contributed by atoms with van der Waals surface area (Å²) in [5.74, 6) is 0.584. The first-order valence-electron chi connectivity index (χ1n) is 6.66. The number of nitrogens with zero attached hydrogens (tertiary/aromatic N) is 1. The molecule has 2 atom stereocenters. The van der Waals surface area contributed by atoms with Crippen LogP contribution in [0.3, 0.4) is 0 Å². The number of aryl methyl sites for hydroxylation is 2. The SMILES string of the molecule is Cc1noc(C)c1C(=O)N[C@H]1C[C@@H]1c1cccc(Cl)c1Cl. The molecule has 2 aromatic rings. The summed E-state index contributed by atoms with van der Waals surface area (Å²) < 4.78 is 5.02. The fourth-order valence-electron chi connectivity index (χ4n) is 2.55. The van der Waals surface area contributed by atoms with E-state index in [1.807, 2.05) is 12.1 Å². The van der Waals surface area contributed by atoms with E-state index in [0.29, 0.717) is 27.1 Å². The minimum atomic E-state index is -0.156. The first-order chi connectivity index (χ1) is 9.99. The van der Waals surface area contributed by atoms with Crippen molar-refractivity contribution in [2.75, 3.05) is 0 Å². The molecule has 1 aromatic heterocycles. The summed E-state index contributed by atoms with van der Waals surface area (Å²) in [6.45, 7) is 3.48. The third-order valence-electron chi connectivity index (χ3n) is 3.75. The van der Waals surface area contributed by atoms with Crippen molar-refractivity contribution in [3.05, 3.63) is 50.8 Å². The van der Waals surface area contributed by atoms with E-state index in [1.165, 1.54) is 0 Å². The van der Waals surface area contributed by atoms with Crippen LogP contribution in [0.25, 0.3) is 0 Å². The molecule has 4 nitrogen and oxygen atoms in total. The van der Waals surface area contributed by atoms with E-state index in [1.54, 1.807) is 19.9 Å². The molecule has 1 N–H and O–H groups in total. The fourth-order valence-corrected chi connectivity index (χ4v) is 3.00. The normalized spacial score (nSPS) is 20.4. The molecule has 6 heteroatoms. The number of nitrogens with one attached hydrogen (secondary N) is 1. The molecule has 1 fully saturated rings. The number of hydrogen-bond donors (Lipinski definition) is 1. The van der Waals surface area contributed by atoms with Crippen molar-refractivity contribution in [2.45, 2.75) is 32.2 Å². The molecule has 1 saturated carbocycles. The van der Waals surface area contributed by atoms with Crippen LogP contribution in [0.5, 0.6) is 0 Å². The minimum absolute atomic E-state index is 0.0715. The van der Waals surface area contributed by atoms with Crippen molar-refractivity contribution in [3.63, 3.8) is 0 Å². The number of aromatic nitrogens is 1. The molecule has 0 bridgehead atoms. The van der Waals surface area contributed by atoms with Crippen molar-refractivity contribution >= 4 is 29.1 Å². The molecule has 1 aromatic carbocycles. The fraction of sp³-hybridized carbons (Fsp3) is 0.333. The summed E-state index contributed by atoms with van der Waals surface area (Å²) in [6.07, 6.45) is 0.856. The van der Waals surface area contributed by atoms with E-state index < -0.39 is 0 Å². The second kappa shape index (κ2) is 5.35. The predicted octanol–water partition coefficient (Wildman–Crippen LogP) is 3.88. The van der Waals surface area contributed by atoms with E-state index >= 15 is 0 Å². The Morgan fingerprint density at radius 3 is 2.81 bits per heavy atom. The topological polar surface area (TPSA) is 55.1 Å². The number of amides is 1. The average molecular weight is 325 g/mol. The van der Waals surface area contributed by atoms with Crippen LogP contribution in [0.4, 0.5) is 0 Å². The zero-order chi connectivity index (χ0) is 15.1. The molecule has 1 aliphatic carbocycles. The lowest BCUT2D eigenvalue weighted by molar-refractivity contribution is 0.0948. The molecule has 0 aliphatic heterocycles. The van der Waals surface area contributed by atoms with Crippen LogP contribution < -0.4 is 5.32 Å². The zero-order valence-corrected chi connectivity index (χ0v) is 13.1. The van der Waals surface area contributed by atoms with E-state index in [-0.39, 0.29) is 17.9 Å². The van der Waals surface area contributed by atoms with Crippen LogP contribution in [-0.4, -0.2) is 17.1 Å². The predicted molar refractivity (Wildman–Crippen MR) is 81.1 cm³/mol. The van der Waals surface area contributed by atoms with Gasteiger partial charge in [0, 0.05) is 12.0 Å². The van der Waals surface area contributed by atoms with Crippen molar-refractivity contribution in [1.82, 2.24) is 10.5 Å². The van der Waals surface area contributed by atoms with Gasteiger partial charge in [-0.05, 0) is 31.9 Å². The quantitative estimate of drug-likeness (QED) is 0.931. The van der Waals surface area contributed by atoms with Gasteiger partial charge in [0.25, 0.3) is 5.91 Å². The Kier molecular flexibility index (Phi) is 3.68. The molecule has 110 valence electrons. The van der Waals surface area contributed by atoms with Gasteiger partial charge < -0.3 is 9.84 Å². The lowest BCUT2D eigenvalue weighted by Gasteiger charge is -2.07. The summed E-state index contributed by atoms with van der Waals surface area (Å²) in [6, 6.07) is 5.64. The van der Waals surface area contributed by atoms with E-state index in [9.17, 15) is 4.79 Å². The van der Waals surface area contributed by atoms with Gasteiger partial charge in [-0.15, -0.1) is 0 Å². The lowest BCUT2D eigenvalue weighted by atomic mass is 10.1. The molecule has 1 amide bonds. The minimum Gasteiger partial charge on any atom is -0.361 e. The Labute approximate surface area is 132 Å². The first kappa shape index (κ1) is 14.4. The summed E-state index contributed by atoms with van der Waals surface area (Å²) >= 11 is 12.2. The second-order valence-corrected chi connectivity index (χ2v) is 6.05. The van der Waals surface area contributed by atoms with Gasteiger partial charge in [0.15, 0.2) is 0 Å². The number of carbonyl (C=O) groups is 1. The maximum atomic E-state index is 12.3. The number of benzene rings is 1. The maximum absolute atomic E-state index is 12.3. The highest BCUT2D eigenvalue weighted by Crippen LogP contribution is 2.45. The average Bonchev–Trinajstić information content (AvgIpc) is 3.10. The van der Waals surface area contributed by atoms with Crippen molar-refractivity contribution in [3.8, 4) is 0 Å². The largest absolute Gasteiger partial charge is 0.361 e. The smallest absolute Gasteiger partial charge is 0.257 e. The third-order valence-corrected chi connectivity index (χ3v) is 4.58. The summed E-state index contributed by atoms with van der Waals surface area (Å²) in [5, 5.41) is 7.89. The van der Waals surface area contributed by atoms with Gasteiger partial charge in [-0.2, -0.15) is 0 Å². The van der Waals surface area contributed by atoms with Crippen molar-refractivity contribution in [1.29, 1.82) is 0 Å². The van der Waals surface area contributed by atoms with Crippen molar-refractivity contribution < 1.29 is 9.32 Å². The Morgan fingerprint density at radius 1 is 1.38 bits per heavy atom. The number of carbonyl (C=O) groups excluding carboxylic acids is 1. The first-order valence-corrected chi connectivity index (χ1v) is 7.42. The van der Waals surface area contributed by atoms with Crippen LogP contribution >= 0.6 is 23.2 Å². The van der Waals surface area contributed by atoms with Gasteiger partial charge in [0.2, 0.25) is 0 Å². The van der Waals surface area contributed by atoms with Gasteiger partial charge in [-0.1, -0.05) is 40.5 Å². The molecule has 0 radical (unpaired) electrons. The lowest BCUT2D eigenvalue weighted by Crippen LogP contribution is -2.27. The maximum Gasteiger partial charge on any atom is 0.257 e. The molecule has 1 heterocycles. The second-order valence-electron chi connectivity index (χ2n) is 5.26. The van der Waals surface area contributed by atoms with E-state index in [0.717, 1.165) is 12.0 Å². The van der Waals surface area contributed by atoms with Gasteiger partial charge in [-0.3, -0.25) is 4.79 Å². The van der Waals surface area contributed by atoms with E-state index in [4.69, 9.17) is 27.7 Å². The molecule has 21 heavy (non-hydrogen) atoms. The molecule has 0 saturated heterocycles. The summed E-state index contributed by atoms with van der Waals surface area (Å²) in [5.41, 5.74) is 2.09. The molecule has 0 unspecified atom stereocenters. The van der Waals surface area contributed by atoms with Crippen LogP contribution in [0.2, 0.25) is 10.0 Å². The molecule has 0 spiro atoms. The Balaban J connectivity index is 1.72. The highest BCUT2D eigenvalue weighted by atomic mass is 35.5. The number of hydrogen-bond acceptors (Lipinski definition) is 3. The number of rotatable bonds is 3. The van der Waals surface area contributed by atoms with Crippen LogP contribution in [0.1, 0.15) is 39.7 Å². The molecular formula is C15H14Cl2N2O2. The molecule has 3 rings (SSSR count). The van der Waals surface area contributed by atoms with Crippen LogP contribution in [0, 0.1) is 13.8 Å². The van der Waals surface area contributed by atoms with Crippen LogP contribution in [-0.2, 0) is 0 Å². The standard InChI is InChI=1S/C15H14Cl2N2O2/c1-7-13(8(2)21-19-7)15(20)18-12-6-10(12)9-4-3-5-11(16)14(9)17/h3-5,10,12H,6H2,1-2H3,(H,18,20)/t10-,12+/m1/s1. The van der Waals surface area contributed by atoms with Gasteiger partial charge in [0.1, 0.15) is 11.3 Å². The third kappa shape index (κ3) is 2.65. The number of halogens is 2. The van der Waals surface area contributed by atoms with Gasteiger partial charge >= 0.3 is 0 Å². The highest BCUT2D eigenvalue weighted by molar-refractivity contribution is 6.42. The van der Waals surface area contributed by atoms with Crippen molar-refractivity contribution in [2.24, 2.45) is 0 Å². The molecular weight excluding hydrogens is 311 g/mol. The van der Waals surface area contributed by atoms with E-state index in [2.05, 4.69) is 10.5 Å². The highest BCUT2D eigenvalue weighted by Gasteiger charge is 2.41. The molecule has 1 aliphatic rings. The Bertz CT molecular complexity index is 692. The zero-order valence-electron chi connectivity index (χ0n) is 11.6. The monoisotopic (exact) mass is 324 g/mol. The summed E-state index contributed by atoms with van der Waals surface area (Å²) in [7, 11) is 0. The van der Waals surface area contributed by atoms with Gasteiger partial charge in [-0.25, -0.2) is 0 Å². The van der Waals surface area contributed by atoms with Crippen LogP contribution in [0.15, 0.2) is 22.7 Å². The Morgan fingerprint density at radius 2 is 2.14 bits per heavy atom. The Hall–Kier alpha value is -1.52. The van der Waals surface area contributed by atoms with Gasteiger partial charge in [0.05, 0.1) is 15.7 Å². The summed E-state index contributed by atoms with van der Waals surface area (Å²) in [4.78, 5) is 12.3.